The molecule has 1 heterocycles. The maximum atomic E-state index is 12.3. The van der Waals surface area contributed by atoms with Crippen molar-refractivity contribution in [2.24, 2.45) is 0 Å². The van der Waals surface area contributed by atoms with Crippen molar-refractivity contribution in [2.45, 2.75) is 31.3 Å². The number of aryl methyl sites for hydroxylation is 1. The van der Waals surface area contributed by atoms with Crippen LogP contribution in [0.5, 0.6) is 17.2 Å². The van der Waals surface area contributed by atoms with E-state index in [4.69, 9.17) is 14.2 Å². The highest BCUT2D eigenvalue weighted by atomic mass is 32.2. The zero-order chi connectivity index (χ0) is 20.1. The average Bonchev–Trinajstić information content (AvgIpc) is 3.22. The van der Waals surface area contributed by atoms with E-state index in [1.807, 2.05) is 54.7 Å². The second-order valence-electron chi connectivity index (χ2n) is 6.93. The summed E-state index contributed by atoms with van der Waals surface area (Å²) < 4.78 is 17.1. The number of thioether (sulfide) groups is 2. The Bertz CT molecular complexity index is 829. The molecule has 150 valence electrons. The highest BCUT2D eigenvalue weighted by Gasteiger charge is 2.20. The van der Waals surface area contributed by atoms with Crippen LogP contribution in [0, 0.1) is 6.92 Å². The molecule has 0 atom stereocenters. The Morgan fingerprint density at radius 1 is 1.07 bits per heavy atom. The second kappa shape index (κ2) is 9.61. The average molecular weight is 419 g/mol. The van der Waals surface area contributed by atoms with E-state index in [1.165, 1.54) is 11.1 Å². The number of benzene rings is 2. The van der Waals surface area contributed by atoms with Crippen molar-refractivity contribution in [1.29, 1.82) is 0 Å². The monoisotopic (exact) mass is 418 g/mol. The molecule has 3 rings (SSSR count). The molecule has 6 heteroatoms. The molecule has 0 bridgehead atoms. The Hall–Kier alpha value is -1.79. The van der Waals surface area contributed by atoms with Crippen LogP contribution in [0.1, 0.15) is 41.0 Å². The Balaban J connectivity index is 1.64. The van der Waals surface area contributed by atoms with Gasteiger partial charge in [-0.05, 0) is 47.7 Å². The Morgan fingerprint density at radius 3 is 2.50 bits per heavy atom. The largest absolute Gasteiger partial charge is 0.493 e. The first-order valence-corrected chi connectivity index (χ1v) is 11.4. The summed E-state index contributed by atoms with van der Waals surface area (Å²) in [7, 11) is 1.59. The molecule has 0 saturated carbocycles. The van der Waals surface area contributed by atoms with E-state index in [-0.39, 0.29) is 6.61 Å². The molecule has 1 fully saturated rings. The van der Waals surface area contributed by atoms with Crippen molar-refractivity contribution in [3.8, 4) is 17.2 Å². The molecule has 0 aromatic heterocycles. The van der Waals surface area contributed by atoms with Crippen LogP contribution in [0.3, 0.4) is 0 Å². The first-order chi connectivity index (χ1) is 13.5. The molecule has 2 aromatic rings. The van der Waals surface area contributed by atoms with Gasteiger partial charge in [0.05, 0.1) is 11.7 Å². The van der Waals surface area contributed by atoms with Crippen molar-refractivity contribution >= 4 is 29.5 Å². The molecule has 0 spiro atoms. The molecule has 0 aliphatic carbocycles. The Morgan fingerprint density at radius 2 is 1.82 bits per heavy atom. The van der Waals surface area contributed by atoms with Gasteiger partial charge in [-0.25, -0.2) is 4.79 Å². The molecule has 4 nitrogen and oxygen atoms in total. The third-order valence-corrected chi connectivity index (χ3v) is 7.63. The molecule has 1 saturated heterocycles. The van der Waals surface area contributed by atoms with Gasteiger partial charge in [0.1, 0.15) is 5.75 Å². The summed E-state index contributed by atoms with van der Waals surface area (Å²) in [4.78, 5) is 12.3. The van der Waals surface area contributed by atoms with E-state index >= 15 is 0 Å². The first kappa shape index (κ1) is 20.9. The highest BCUT2D eigenvalue weighted by Crippen LogP contribution is 2.46. The van der Waals surface area contributed by atoms with E-state index in [1.54, 1.807) is 13.2 Å². The molecule has 0 radical (unpaired) electrons. The van der Waals surface area contributed by atoms with Crippen LogP contribution < -0.4 is 14.2 Å². The van der Waals surface area contributed by atoms with Gasteiger partial charge in [-0.1, -0.05) is 32.0 Å². The second-order valence-corrected chi connectivity index (χ2v) is 9.65. The van der Waals surface area contributed by atoms with Gasteiger partial charge >= 0.3 is 5.97 Å². The van der Waals surface area contributed by atoms with Gasteiger partial charge in [-0.15, -0.1) is 23.5 Å². The van der Waals surface area contributed by atoms with E-state index in [2.05, 4.69) is 19.9 Å². The lowest BCUT2D eigenvalue weighted by molar-refractivity contribution is -0.136. The lowest BCUT2D eigenvalue weighted by Crippen LogP contribution is -2.18. The SMILES string of the molecule is COc1cc(C2SCCS2)ccc1OC(=O)COc1cc(C(C)C)ccc1C. The van der Waals surface area contributed by atoms with Crippen molar-refractivity contribution < 1.29 is 19.0 Å². The van der Waals surface area contributed by atoms with Gasteiger partial charge < -0.3 is 14.2 Å². The van der Waals surface area contributed by atoms with Crippen molar-refractivity contribution in [3.63, 3.8) is 0 Å². The molecule has 0 amide bonds. The normalized spacial score (nSPS) is 14.3. The van der Waals surface area contributed by atoms with Gasteiger partial charge in [0.2, 0.25) is 0 Å². The molecule has 2 aromatic carbocycles. The van der Waals surface area contributed by atoms with Crippen LogP contribution in [0.4, 0.5) is 0 Å². The third kappa shape index (κ3) is 5.17. The van der Waals surface area contributed by atoms with Crippen LogP contribution in [0.25, 0.3) is 0 Å². The summed E-state index contributed by atoms with van der Waals surface area (Å²) in [5, 5.41) is 0. The van der Waals surface area contributed by atoms with Gasteiger partial charge in [-0.3, -0.25) is 0 Å². The number of methoxy groups -OCH3 is 1. The van der Waals surface area contributed by atoms with Crippen LogP contribution in [-0.2, 0) is 4.79 Å². The zero-order valence-corrected chi connectivity index (χ0v) is 18.3. The fourth-order valence-corrected chi connectivity index (χ4v) is 5.72. The summed E-state index contributed by atoms with van der Waals surface area (Å²) in [6.07, 6.45) is 0. The smallest absolute Gasteiger partial charge is 0.349 e. The quantitative estimate of drug-likeness (QED) is 0.431. The number of ether oxygens (including phenoxy) is 3. The standard InChI is InChI=1S/C22H26O4S2/c1-14(2)16-6-5-15(3)19(11-16)25-13-21(23)26-18-8-7-17(12-20(18)24-4)22-27-9-10-28-22/h5-8,11-12,14,22H,9-10,13H2,1-4H3. The fourth-order valence-electron chi connectivity index (χ4n) is 2.89. The van der Waals surface area contributed by atoms with Gasteiger partial charge in [-0.2, -0.15) is 0 Å². The summed E-state index contributed by atoms with van der Waals surface area (Å²) in [5.41, 5.74) is 3.35. The minimum atomic E-state index is -0.454. The lowest BCUT2D eigenvalue weighted by Gasteiger charge is -2.15. The number of hydrogen-bond donors (Lipinski definition) is 0. The molecule has 1 aliphatic heterocycles. The highest BCUT2D eigenvalue weighted by molar-refractivity contribution is 8.19. The zero-order valence-electron chi connectivity index (χ0n) is 16.7. The maximum absolute atomic E-state index is 12.3. The molecular weight excluding hydrogens is 392 g/mol. The van der Waals surface area contributed by atoms with Gasteiger partial charge in [0.15, 0.2) is 18.1 Å². The topological polar surface area (TPSA) is 44.8 Å². The Kier molecular flexibility index (Phi) is 7.18. The van der Waals surface area contributed by atoms with E-state index in [0.29, 0.717) is 27.7 Å². The molecular formula is C22H26O4S2. The minimum absolute atomic E-state index is 0.151. The van der Waals surface area contributed by atoms with Gasteiger partial charge in [0, 0.05) is 11.5 Å². The fraction of sp³-hybridized carbons (Fsp3) is 0.409. The summed E-state index contributed by atoms with van der Waals surface area (Å²) in [5.74, 6) is 3.95. The summed E-state index contributed by atoms with van der Waals surface area (Å²) in [6.45, 7) is 6.07. The summed E-state index contributed by atoms with van der Waals surface area (Å²) in [6, 6.07) is 11.8. The molecule has 28 heavy (non-hydrogen) atoms. The lowest BCUT2D eigenvalue weighted by atomic mass is 10.0. The summed E-state index contributed by atoms with van der Waals surface area (Å²) >= 11 is 3.85. The van der Waals surface area contributed by atoms with E-state index < -0.39 is 5.97 Å². The number of rotatable bonds is 7. The van der Waals surface area contributed by atoms with E-state index in [0.717, 1.165) is 17.1 Å². The van der Waals surface area contributed by atoms with Crippen LogP contribution >= 0.6 is 23.5 Å². The predicted molar refractivity (Wildman–Crippen MR) is 117 cm³/mol. The Labute approximate surface area is 175 Å². The van der Waals surface area contributed by atoms with E-state index in [9.17, 15) is 4.79 Å². The maximum Gasteiger partial charge on any atom is 0.349 e. The van der Waals surface area contributed by atoms with Crippen molar-refractivity contribution in [1.82, 2.24) is 0 Å². The van der Waals surface area contributed by atoms with Crippen molar-refractivity contribution in [2.75, 3.05) is 25.2 Å². The van der Waals surface area contributed by atoms with Crippen molar-refractivity contribution in [3.05, 3.63) is 53.1 Å². The van der Waals surface area contributed by atoms with Crippen LogP contribution in [0.2, 0.25) is 0 Å². The first-order valence-electron chi connectivity index (χ1n) is 9.33. The predicted octanol–water partition coefficient (Wildman–Crippen LogP) is 5.59. The molecule has 0 unspecified atom stereocenters. The third-order valence-electron chi connectivity index (χ3n) is 4.53. The van der Waals surface area contributed by atoms with Crippen LogP contribution in [-0.4, -0.2) is 31.2 Å². The number of esters is 1. The minimum Gasteiger partial charge on any atom is -0.493 e. The van der Waals surface area contributed by atoms with Crippen LogP contribution in [0.15, 0.2) is 36.4 Å². The molecule has 0 N–H and O–H groups in total. The number of carbonyl (C=O) groups excluding carboxylic acids is 1. The number of carbonyl (C=O) groups is 1. The number of hydrogen-bond acceptors (Lipinski definition) is 6. The molecule has 1 aliphatic rings. The van der Waals surface area contributed by atoms with Gasteiger partial charge in [0.25, 0.3) is 0 Å².